The fourth-order valence-corrected chi connectivity index (χ4v) is 6.53. The van der Waals surface area contributed by atoms with Gasteiger partial charge in [-0.3, -0.25) is 13.9 Å². The SMILES string of the molecule is CCCCNC(=O)C(C)N(Cc1c(Cl)cccc1Cl)C(=O)CN(c1cc(OC)ccc1OC)S(=O)(=O)c1ccc(OC)c(OC)c1. The van der Waals surface area contributed by atoms with Crippen molar-refractivity contribution in [3.63, 3.8) is 0 Å². The van der Waals surface area contributed by atoms with Crippen molar-refractivity contribution in [1.29, 1.82) is 0 Å². The summed E-state index contributed by atoms with van der Waals surface area (Å²) in [5.74, 6) is -0.169. The van der Waals surface area contributed by atoms with E-state index in [1.165, 1.54) is 63.7 Å². The van der Waals surface area contributed by atoms with Crippen LogP contribution in [0.4, 0.5) is 5.69 Å². The Bertz CT molecular complexity index is 1620. The van der Waals surface area contributed by atoms with Crippen LogP contribution in [0.15, 0.2) is 59.5 Å². The zero-order valence-corrected chi connectivity index (χ0v) is 29.0. The maximum absolute atomic E-state index is 14.4. The lowest BCUT2D eigenvalue weighted by Gasteiger charge is -2.32. The van der Waals surface area contributed by atoms with Crippen LogP contribution in [0, 0.1) is 0 Å². The van der Waals surface area contributed by atoms with Crippen LogP contribution in [-0.2, 0) is 26.2 Å². The Morgan fingerprint density at radius 3 is 2.09 bits per heavy atom. The Morgan fingerprint density at radius 2 is 1.50 bits per heavy atom. The van der Waals surface area contributed by atoms with E-state index in [0.717, 1.165) is 17.1 Å². The number of unbranched alkanes of at least 4 members (excludes halogenated alkanes) is 1. The third-order valence-electron chi connectivity index (χ3n) is 7.26. The van der Waals surface area contributed by atoms with Gasteiger partial charge in [0, 0.05) is 40.8 Å². The second-order valence-corrected chi connectivity index (χ2v) is 12.8. The molecule has 46 heavy (non-hydrogen) atoms. The second-order valence-electron chi connectivity index (χ2n) is 10.1. The molecule has 0 radical (unpaired) electrons. The average Bonchev–Trinajstić information content (AvgIpc) is 3.05. The van der Waals surface area contributed by atoms with Gasteiger partial charge in [0.1, 0.15) is 24.1 Å². The summed E-state index contributed by atoms with van der Waals surface area (Å²) in [6, 6.07) is 12.5. The molecule has 2 amide bonds. The smallest absolute Gasteiger partial charge is 0.265 e. The number of nitrogens with zero attached hydrogens (tertiary/aromatic N) is 2. The summed E-state index contributed by atoms with van der Waals surface area (Å²) < 4.78 is 51.2. The predicted molar refractivity (Wildman–Crippen MR) is 178 cm³/mol. The summed E-state index contributed by atoms with van der Waals surface area (Å²) in [6.45, 7) is 3.07. The third-order valence-corrected chi connectivity index (χ3v) is 9.73. The van der Waals surface area contributed by atoms with Crippen molar-refractivity contribution in [2.24, 2.45) is 0 Å². The van der Waals surface area contributed by atoms with Crippen molar-refractivity contribution < 1.29 is 37.0 Å². The standard InChI is InChI=1S/C32H39Cl2N3O8S/c1-7-8-16-35-32(39)21(2)36(19-24-25(33)10-9-11-26(24)34)31(38)20-37(27-17-22(42-3)12-14-28(27)43-4)46(40,41)23-13-15-29(44-5)30(18-23)45-6/h9-15,17-18,21H,7-8,16,19-20H2,1-6H3,(H,35,39). The maximum atomic E-state index is 14.4. The molecule has 0 fully saturated rings. The molecule has 1 atom stereocenters. The molecule has 0 saturated heterocycles. The minimum atomic E-state index is -4.49. The van der Waals surface area contributed by atoms with E-state index in [0.29, 0.717) is 23.6 Å². The number of sulfonamides is 1. The van der Waals surface area contributed by atoms with Gasteiger partial charge in [-0.05, 0) is 49.7 Å². The molecule has 3 aromatic carbocycles. The zero-order valence-electron chi connectivity index (χ0n) is 26.6. The minimum Gasteiger partial charge on any atom is -0.497 e. The number of methoxy groups -OCH3 is 4. The molecule has 0 saturated carbocycles. The van der Waals surface area contributed by atoms with E-state index >= 15 is 0 Å². The summed E-state index contributed by atoms with van der Waals surface area (Å²) in [6.07, 6.45) is 1.60. The van der Waals surface area contributed by atoms with Gasteiger partial charge in [-0.1, -0.05) is 42.6 Å². The molecular weight excluding hydrogens is 657 g/mol. The number of carbonyl (C=O) groups is 2. The van der Waals surface area contributed by atoms with Gasteiger partial charge in [0.25, 0.3) is 10.0 Å². The fourth-order valence-electron chi connectivity index (χ4n) is 4.58. The molecule has 0 aliphatic rings. The summed E-state index contributed by atoms with van der Waals surface area (Å²) >= 11 is 12.9. The molecule has 1 unspecified atom stereocenters. The summed E-state index contributed by atoms with van der Waals surface area (Å²) in [5, 5.41) is 3.41. The molecule has 0 spiro atoms. The highest BCUT2D eigenvalue weighted by Gasteiger charge is 2.35. The van der Waals surface area contributed by atoms with E-state index in [4.69, 9.17) is 42.1 Å². The molecule has 0 heterocycles. The van der Waals surface area contributed by atoms with Gasteiger partial charge in [0.05, 0.1) is 39.0 Å². The van der Waals surface area contributed by atoms with Crippen LogP contribution in [0.1, 0.15) is 32.3 Å². The predicted octanol–water partition coefficient (Wildman–Crippen LogP) is 5.56. The molecule has 3 rings (SSSR count). The van der Waals surface area contributed by atoms with Crippen LogP contribution < -0.4 is 28.6 Å². The lowest BCUT2D eigenvalue weighted by molar-refractivity contribution is -0.139. The summed E-state index contributed by atoms with van der Waals surface area (Å²) in [5.41, 5.74) is 0.432. The van der Waals surface area contributed by atoms with Gasteiger partial charge in [0.2, 0.25) is 11.8 Å². The first-order chi connectivity index (χ1) is 21.9. The molecule has 1 N–H and O–H groups in total. The van der Waals surface area contributed by atoms with Crippen LogP contribution in [0.25, 0.3) is 0 Å². The Balaban J connectivity index is 2.18. The van der Waals surface area contributed by atoms with Crippen LogP contribution in [0.5, 0.6) is 23.0 Å². The molecule has 11 nitrogen and oxygen atoms in total. The molecule has 0 bridgehead atoms. The van der Waals surface area contributed by atoms with E-state index in [1.807, 2.05) is 6.92 Å². The Morgan fingerprint density at radius 1 is 0.870 bits per heavy atom. The summed E-state index contributed by atoms with van der Waals surface area (Å²) in [7, 11) is 1.13. The highest BCUT2D eigenvalue weighted by Crippen LogP contribution is 2.38. The largest absolute Gasteiger partial charge is 0.497 e. The fraction of sp³-hybridized carbons (Fsp3) is 0.375. The first kappa shape index (κ1) is 36.6. The van der Waals surface area contributed by atoms with Crippen molar-refractivity contribution in [3.8, 4) is 23.0 Å². The second kappa shape index (κ2) is 16.6. The van der Waals surface area contributed by atoms with Gasteiger partial charge in [-0.15, -0.1) is 0 Å². The number of benzene rings is 3. The number of anilines is 1. The highest BCUT2D eigenvalue weighted by atomic mass is 35.5. The topological polar surface area (TPSA) is 124 Å². The van der Waals surface area contributed by atoms with E-state index in [2.05, 4.69) is 5.32 Å². The number of ether oxygens (including phenoxy) is 4. The first-order valence-corrected chi connectivity index (χ1v) is 16.6. The zero-order chi connectivity index (χ0) is 34.0. The van der Waals surface area contributed by atoms with Gasteiger partial charge < -0.3 is 29.2 Å². The number of halogens is 2. The molecular formula is C32H39Cl2N3O8S. The monoisotopic (exact) mass is 695 g/mol. The number of nitrogens with one attached hydrogen (secondary N) is 1. The van der Waals surface area contributed by atoms with Gasteiger partial charge >= 0.3 is 0 Å². The Labute approximate surface area is 280 Å². The molecule has 250 valence electrons. The number of rotatable bonds is 16. The maximum Gasteiger partial charge on any atom is 0.265 e. The average molecular weight is 697 g/mol. The number of hydrogen-bond acceptors (Lipinski definition) is 8. The van der Waals surface area contributed by atoms with Crippen molar-refractivity contribution >= 4 is 50.7 Å². The Hall–Kier alpha value is -3.87. The van der Waals surface area contributed by atoms with Gasteiger partial charge in [-0.25, -0.2) is 8.42 Å². The number of carbonyl (C=O) groups excluding carboxylic acids is 2. The van der Waals surface area contributed by atoms with E-state index in [-0.39, 0.29) is 38.7 Å². The normalized spacial score (nSPS) is 11.7. The summed E-state index contributed by atoms with van der Waals surface area (Å²) in [4.78, 5) is 28.6. The lowest BCUT2D eigenvalue weighted by Crippen LogP contribution is -2.51. The number of amides is 2. The molecule has 0 aromatic heterocycles. The third kappa shape index (κ3) is 8.48. The lowest BCUT2D eigenvalue weighted by atomic mass is 10.1. The minimum absolute atomic E-state index is 0.0285. The van der Waals surface area contributed by atoms with Crippen LogP contribution in [-0.4, -0.2) is 72.7 Å². The molecule has 3 aromatic rings. The first-order valence-electron chi connectivity index (χ1n) is 14.4. The van der Waals surface area contributed by atoms with Crippen LogP contribution in [0.3, 0.4) is 0 Å². The van der Waals surface area contributed by atoms with Crippen LogP contribution >= 0.6 is 23.2 Å². The van der Waals surface area contributed by atoms with Gasteiger partial charge in [-0.2, -0.15) is 0 Å². The van der Waals surface area contributed by atoms with Gasteiger partial charge in [0.15, 0.2) is 11.5 Å². The van der Waals surface area contributed by atoms with Crippen molar-refractivity contribution in [2.75, 3.05) is 45.8 Å². The van der Waals surface area contributed by atoms with E-state index in [9.17, 15) is 18.0 Å². The number of hydrogen-bond donors (Lipinski definition) is 1. The molecule has 0 aliphatic heterocycles. The van der Waals surface area contributed by atoms with Crippen molar-refractivity contribution in [2.45, 2.75) is 44.2 Å². The highest BCUT2D eigenvalue weighted by molar-refractivity contribution is 7.92. The van der Waals surface area contributed by atoms with Crippen molar-refractivity contribution in [3.05, 3.63) is 70.2 Å². The Kier molecular flexibility index (Phi) is 13.2. The van der Waals surface area contributed by atoms with E-state index < -0.39 is 34.4 Å². The molecule has 14 heteroatoms. The van der Waals surface area contributed by atoms with Crippen molar-refractivity contribution in [1.82, 2.24) is 10.2 Å². The quantitative estimate of drug-likeness (QED) is 0.193. The van der Waals surface area contributed by atoms with Crippen LogP contribution in [0.2, 0.25) is 10.0 Å². The molecule has 0 aliphatic carbocycles. The van der Waals surface area contributed by atoms with E-state index in [1.54, 1.807) is 31.2 Å².